The van der Waals surface area contributed by atoms with Gasteiger partial charge in [-0.3, -0.25) is 4.79 Å². The molecule has 2 rings (SSSR count). The Hall–Kier alpha value is -0.940. The number of nitrogens with two attached hydrogens (primary N) is 2. The van der Waals surface area contributed by atoms with Crippen molar-refractivity contribution in [3.8, 4) is 0 Å². The molecule has 0 aromatic carbocycles. The summed E-state index contributed by atoms with van der Waals surface area (Å²) in [4.78, 5) is 24.8. The third-order valence-electron chi connectivity index (χ3n) is 5.10. The first-order valence-electron chi connectivity index (χ1n) is 8.29. The Morgan fingerprint density at radius 3 is 2.19 bits per heavy atom. The molecule has 0 bridgehead atoms. The molecule has 2 aliphatic rings. The minimum atomic E-state index is -1.17. The highest BCUT2D eigenvalue weighted by molar-refractivity contribution is 6.05. The van der Waals surface area contributed by atoms with Crippen LogP contribution < -0.4 is 11.5 Å². The first-order chi connectivity index (χ1) is 10.1. The van der Waals surface area contributed by atoms with E-state index in [2.05, 4.69) is 0 Å². The fourth-order valence-corrected chi connectivity index (χ4v) is 3.64. The second-order valence-electron chi connectivity index (χ2n) is 6.58. The van der Waals surface area contributed by atoms with Crippen LogP contribution >= 0.6 is 0 Å². The van der Waals surface area contributed by atoms with Crippen LogP contribution in [-0.4, -0.2) is 30.4 Å². The van der Waals surface area contributed by atoms with Crippen molar-refractivity contribution in [2.75, 3.05) is 6.54 Å². The van der Waals surface area contributed by atoms with E-state index in [4.69, 9.17) is 16.2 Å². The quantitative estimate of drug-likeness (QED) is 0.594. The molecular weight excluding hydrogens is 268 g/mol. The lowest BCUT2D eigenvalue weighted by atomic mass is 9.69. The molecule has 1 unspecified atom stereocenters. The summed E-state index contributed by atoms with van der Waals surface area (Å²) in [6, 6.07) is -1.17. The highest BCUT2D eigenvalue weighted by Gasteiger charge is 2.43. The maximum Gasteiger partial charge on any atom is 0.330 e. The van der Waals surface area contributed by atoms with Crippen molar-refractivity contribution in [1.29, 1.82) is 0 Å². The van der Waals surface area contributed by atoms with E-state index in [9.17, 15) is 9.59 Å². The SMILES string of the molecule is NCC1(C(=O)C(N)C(=O)OC2CCCCC2)CCCCC1. The minimum Gasteiger partial charge on any atom is -0.461 e. The summed E-state index contributed by atoms with van der Waals surface area (Å²) in [5, 5.41) is 0. The van der Waals surface area contributed by atoms with Gasteiger partial charge in [0.2, 0.25) is 0 Å². The maximum atomic E-state index is 12.6. The first kappa shape index (κ1) is 16.4. The van der Waals surface area contributed by atoms with Crippen molar-refractivity contribution in [3.63, 3.8) is 0 Å². The average molecular weight is 296 g/mol. The van der Waals surface area contributed by atoms with Gasteiger partial charge < -0.3 is 16.2 Å². The van der Waals surface area contributed by atoms with Gasteiger partial charge in [0, 0.05) is 12.0 Å². The zero-order valence-electron chi connectivity index (χ0n) is 12.8. The molecule has 21 heavy (non-hydrogen) atoms. The lowest BCUT2D eigenvalue weighted by Crippen LogP contribution is -2.52. The fourth-order valence-electron chi connectivity index (χ4n) is 3.64. The van der Waals surface area contributed by atoms with Gasteiger partial charge in [-0.15, -0.1) is 0 Å². The molecule has 0 aromatic heterocycles. The normalized spacial score (nSPS) is 24.3. The molecule has 5 heteroatoms. The molecule has 2 aliphatic carbocycles. The smallest absolute Gasteiger partial charge is 0.330 e. The molecule has 2 fully saturated rings. The van der Waals surface area contributed by atoms with Gasteiger partial charge in [0.15, 0.2) is 11.8 Å². The zero-order chi connectivity index (χ0) is 15.3. The Balaban J connectivity index is 1.94. The van der Waals surface area contributed by atoms with Crippen molar-refractivity contribution < 1.29 is 14.3 Å². The summed E-state index contributed by atoms with van der Waals surface area (Å²) in [6.45, 7) is 0.274. The van der Waals surface area contributed by atoms with Crippen molar-refractivity contribution in [1.82, 2.24) is 0 Å². The Bertz CT molecular complexity index is 372. The van der Waals surface area contributed by atoms with Crippen LogP contribution in [0.25, 0.3) is 0 Å². The number of hydrogen-bond donors (Lipinski definition) is 2. The van der Waals surface area contributed by atoms with Gasteiger partial charge in [0.05, 0.1) is 0 Å². The minimum absolute atomic E-state index is 0.0646. The molecule has 0 aliphatic heterocycles. The van der Waals surface area contributed by atoms with Gasteiger partial charge in [-0.1, -0.05) is 25.7 Å². The van der Waals surface area contributed by atoms with Crippen molar-refractivity contribution in [2.45, 2.75) is 76.4 Å². The van der Waals surface area contributed by atoms with Crippen LogP contribution in [0.5, 0.6) is 0 Å². The van der Waals surface area contributed by atoms with Gasteiger partial charge >= 0.3 is 5.97 Å². The van der Waals surface area contributed by atoms with Gasteiger partial charge in [-0.05, 0) is 38.5 Å². The standard InChI is InChI=1S/C16H28N2O3/c17-11-16(9-5-2-6-10-16)14(19)13(18)15(20)21-12-7-3-1-4-8-12/h12-13H,1-11,17-18H2. The molecule has 0 heterocycles. The fraction of sp³-hybridized carbons (Fsp3) is 0.875. The highest BCUT2D eigenvalue weighted by Crippen LogP contribution is 2.37. The van der Waals surface area contributed by atoms with E-state index >= 15 is 0 Å². The van der Waals surface area contributed by atoms with Gasteiger partial charge in [-0.2, -0.15) is 0 Å². The summed E-state index contributed by atoms with van der Waals surface area (Å²) in [7, 11) is 0. The Morgan fingerprint density at radius 1 is 1.05 bits per heavy atom. The number of carbonyl (C=O) groups is 2. The topological polar surface area (TPSA) is 95.4 Å². The van der Waals surface area contributed by atoms with Crippen LogP contribution in [0.4, 0.5) is 0 Å². The lowest BCUT2D eigenvalue weighted by molar-refractivity contribution is -0.156. The van der Waals surface area contributed by atoms with Crippen LogP contribution in [0.1, 0.15) is 64.2 Å². The molecule has 2 saturated carbocycles. The number of esters is 1. The molecular formula is C16H28N2O3. The summed E-state index contributed by atoms with van der Waals surface area (Å²) < 4.78 is 5.43. The summed E-state index contributed by atoms with van der Waals surface area (Å²) >= 11 is 0. The van der Waals surface area contributed by atoms with E-state index in [0.29, 0.717) is 0 Å². The maximum absolute atomic E-state index is 12.6. The van der Waals surface area contributed by atoms with Crippen LogP contribution in [0.2, 0.25) is 0 Å². The van der Waals surface area contributed by atoms with Crippen LogP contribution in [-0.2, 0) is 14.3 Å². The molecule has 0 saturated heterocycles. The van der Waals surface area contributed by atoms with E-state index in [-0.39, 0.29) is 18.4 Å². The van der Waals surface area contributed by atoms with Crippen molar-refractivity contribution in [3.05, 3.63) is 0 Å². The Morgan fingerprint density at radius 2 is 1.62 bits per heavy atom. The second-order valence-corrected chi connectivity index (χ2v) is 6.58. The third kappa shape index (κ3) is 3.83. The number of hydrogen-bond acceptors (Lipinski definition) is 5. The van der Waals surface area contributed by atoms with Crippen LogP contribution in [0.3, 0.4) is 0 Å². The number of rotatable bonds is 5. The number of ether oxygens (including phenoxy) is 1. The second kappa shape index (κ2) is 7.36. The Kier molecular flexibility index (Phi) is 5.76. The summed E-state index contributed by atoms with van der Waals surface area (Å²) in [6.07, 6.45) is 9.61. The van der Waals surface area contributed by atoms with E-state index in [1.54, 1.807) is 0 Å². The van der Waals surface area contributed by atoms with Crippen LogP contribution in [0, 0.1) is 5.41 Å². The van der Waals surface area contributed by atoms with Crippen molar-refractivity contribution >= 4 is 11.8 Å². The molecule has 4 N–H and O–H groups in total. The average Bonchev–Trinajstić information content (AvgIpc) is 2.55. The summed E-state index contributed by atoms with van der Waals surface area (Å²) in [5.41, 5.74) is 11.1. The van der Waals surface area contributed by atoms with E-state index in [1.807, 2.05) is 0 Å². The van der Waals surface area contributed by atoms with E-state index < -0.39 is 17.4 Å². The number of Topliss-reactive ketones (excluding diaryl/α,β-unsaturated/α-hetero) is 1. The molecule has 0 amide bonds. The largest absolute Gasteiger partial charge is 0.461 e. The highest BCUT2D eigenvalue weighted by atomic mass is 16.5. The van der Waals surface area contributed by atoms with E-state index in [0.717, 1.165) is 57.8 Å². The summed E-state index contributed by atoms with van der Waals surface area (Å²) in [5.74, 6) is -0.782. The van der Waals surface area contributed by atoms with Gasteiger partial charge in [0.25, 0.3) is 0 Å². The van der Waals surface area contributed by atoms with Crippen LogP contribution in [0.15, 0.2) is 0 Å². The van der Waals surface area contributed by atoms with Gasteiger partial charge in [-0.25, -0.2) is 4.79 Å². The predicted molar refractivity (Wildman–Crippen MR) is 80.5 cm³/mol. The number of ketones is 1. The first-order valence-corrected chi connectivity index (χ1v) is 8.29. The lowest BCUT2D eigenvalue weighted by Gasteiger charge is -2.36. The molecule has 1 atom stereocenters. The molecule has 0 aromatic rings. The number of carbonyl (C=O) groups excluding carboxylic acids is 2. The Labute approximate surface area is 126 Å². The molecule has 0 spiro atoms. The molecule has 0 radical (unpaired) electrons. The third-order valence-corrected chi connectivity index (χ3v) is 5.10. The predicted octanol–water partition coefficient (Wildman–Crippen LogP) is 1.67. The molecule has 5 nitrogen and oxygen atoms in total. The molecule has 120 valence electrons. The van der Waals surface area contributed by atoms with E-state index in [1.165, 1.54) is 6.42 Å². The van der Waals surface area contributed by atoms with Crippen molar-refractivity contribution in [2.24, 2.45) is 16.9 Å². The monoisotopic (exact) mass is 296 g/mol. The van der Waals surface area contributed by atoms with Gasteiger partial charge in [0.1, 0.15) is 6.10 Å². The zero-order valence-corrected chi connectivity index (χ0v) is 12.8.